The van der Waals surface area contributed by atoms with Gasteiger partial charge in [-0.15, -0.1) is 0 Å². The van der Waals surface area contributed by atoms with Crippen molar-refractivity contribution < 1.29 is 110 Å². The number of benzene rings is 16. The van der Waals surface area contributed by atoms with E-state index in [4.69, 9.17) is 101 Å². The van der Waals surface area contributed by atoms with E-state index in [2.05, 4.69) is 169 Å². The highest BCUT2D eigenvalue weighted by Gasteiger charge is 2.48. The van der Waals surface area contributed by atoms with Gasteiger partial charge >= 0.3 is 0 Å². The standard InChI is InChI=1S/2C55H46O9.C7H15NO2.C5H8O2.C2H7NO/c2*56-42(30-58-45-17-9-37-26-46(18-10-36(37)25-45)59-31-49-33-61-49)29-57-43-21-13-40(14-22-43)55(53-7-3-1-5-51(53)52-6-2-4-8-54(52)55)41-15-23-44(24-16-41)63-35-64-48-20-12-38-27-47(19-11-39(38)28-48)60-32-50-34-62-50;1-3-8-5-7(9)6-10-4-2;1-2-6-3-5-4-7-5;1-4-2-3/h2*1-28,42,49-50,56H,29-35H2;4,7-9H,2-3,5-6H2,1H3;2,5H,1,3-4H2;2-3H2,1H3. The molecule has 149 heavy (non-hydrogen) atoms. The van der Waals surface area contributed by atoms with E-state index in [1.54, 1.807) is 7.11 Å². The van der Waals surface area contributed by atoms with Crippen LogP contribution in [-0.4, -0.2) is 204 Å². The van der Waals surface area contributed by atoms with Gasteiger partial charge in [0.2, 0.25) is 13.6 Å². The number of aliphatic hydroxyl groups is 3. The number of rotatable bonds is 46. The van der Waals surface area contributed by atoms with Crippen molar-refractivity contribution in [2.45, 2.75) is 66.6 Å². The van der Waals surface area contributed by atoms with Gasteiger partial charge in [-0.25, -0.2) is 0 Å². The monoisotopic (exact) mass is 2010 g/mol. The Bertz CT molecular complexity index is 6640. The van der Waals surface area contributed by atoms with Crippen LogP contribution < -0.4 is 67.9 Å². The maximum Gasteiger partial charge on any atom is 0.230 e. The van der Waals surface area contributed by atoms with E-state index in [-0.39, 0.29) is 64.4 Å². The van der Waals surface area contributed by atoms with Crippen molar-refractivity contribution in [1.82, 2.24) is 5.32 Å². The first-order valence-electron chi connectivity index (χ1n) is 50.2. The molecule has 0 aromatic heterocycles. The number of hydrogen-bond acceptors (Lipinski definition) is 25. The zero-order chi connectivity index (χ0) is 102. The lowest BCUT2D eigenvalue weighted by molar-refractivity contribution is 0.0627. The summed E-state index contributed by atoms with van der Waals surface area (Å²) in [5.74, 6) is 8.79. The third kappa shape index (κ3) is 26.5. The molecular formula is C124H122N2O23. The molecule has 0 radical (unpaired) electrons. The number of epoxide rings is 5. The number of nitrogens with two attached hydrogens (primary N) is 1. The number of ether oxygens (including phenoxy) is 20. The zero-order valence-electron chi connectivity index (χ0n) is 83.2. The van der Waals surface area contributed by atoms with Crippen LogP contribution in [0.15, 0.2) is 365 Å². The van der Waals surface area contributed by atoms with E-state index >= 15 is 0 Å². The van der Waals surface area contributed by atoms with Crippen LogP contribution in [0.5, 0.6) is 69.0 Å². The fourth-order valence-corrected chi connectivity index (χ4v) is 18.3. The Morgan fingerprint density at radius 3 is 0.765 bits per heavy atom. The van der Waals surface area contributed by atoms with Crippen LogP contribution in [0.25, 0.3) is 65.3 Å². The summed E-state index contributed by atoms with van der Waals surface area (Å²) >= 11 is 0. The van der Waals surface area contributed by atoms with Crippen LogP contribution >= 0.6 is 0 Å². The highest BCUT2D eigenvalue weighted by Crippen LogP contribution is 2.58. The first-order valence-corrected chi connectivity index (χ1v) is 50.2. The Morgan fingerprint density at radius 1 is 0.295 bits per heavy atom. The predicted octanol–water partition coefficient (Wildman–Crippen LogP) is 20.5. The van der Waals surface area contributed by atoms with Gasteiger partial charge in [-0.2, -0.15) is 0 Å². The van der Waals surface area contributed by atoms with E-state index in [9.17, 15) is 10.2 Å². The molecule has 7 aliphatic rings. The van der Waals surface area contributed by atoms with Crippen molar-refractivity contribution in [3.63, 3.8) is 0 Å². The quantitative estimate of drug-likeness (QED) is 0.0134. The minimum atomic E-state index is -0.837. The number of methoxy groups -OCH3 is 1. The molecule has 5 heterocycles. The summed E-state index contributed by atoms with van der Waals surface area (Å²) < 4.78 is 112. The first kappa shape index (κ1) is 102. The minimum Gasteiger partial charge on any atom is -0.499 e. The Kier molecular flexibility index (Phi) is 34.0. The maximum atomic E-state index is 10.9. The van der Waals surface area contributed by atoms with Crippen LogP contribution in [0.1, 0.15) is 51.4 Å². The molecule has 8 unspecified atom stereocenters. The molecule has 8 atom stereocenters. The van der Waals surface area contributed by atoms with Gasteiger partial charge in [-0.3, -0.25) is 0 Å². The van der Waals surface area contributed by atoms with Crippen LogP contribution in [-0.2, 0) is 48.7 Å². The molecule has 5 saturated heterocycles. The van der Waals surface area contributed by atoms with Gasteiger partial charge in [0.1, 0.15) is 184 Å². The Labute approximate surface area is 866 Å². The lowest BCUT2D eigenvalue weighted by Crippen LogP contribution is -2.29. The molecule has 16 aromatic carbocycles. The normalized spacial score (nSPS) is 16.9. The van der Waals surface area contributed by atoms with Crippen LogP contribution in [0.2, 0.25) is 0 Å². The molecule has 0 bridgehead atoms. The van der Waals surface area contributed by atoms with E-state index < -0.39 is 29.1 Å². The summed E-state index contributed by atoms with van der Waals surface area (Å²) in [7, 11) is 1.56. The molecule has 2 aliphatic carbocycles. The molecule has 5 aliphatic heterocycles. The highest BCUT2D eigenvalue weighted by atomic mass is 16.7. The third-order valence-electron chi connectivity index (χ3n) is 26.2. The van der Waals surface area contributed by atoms with Crippen molar-refractivity contribution in [3.8, 4) is 91.2 Å². The van der Waals surface area contributed by atoms with Gasteiger partial charge in [0.05, 0.1) is 63.1 Å². The summed E-state index contributed by atoms with van der Waals surface area (Å²) in [6.07, 6.45) is 1.86. The van der Waals surface area contributed by atoms with E-state index in [0.717, 1.165) is 139 Å². The highest BCUT2D eigenvalue weighted by molar-refractivity contribution is 5.91. The van der Waals surface area contributed by atoms with E-state index in [1.165, 1.54) is 57.0 Å². The zero-order valence-corrected chi connectivity index (χ0v) is 83.2. The van der Waals surface area contributed by atoms with E-state index in [0.29, 0.717) is 93.5 Å². The van der Waals surface area contributed by atoms with E-state index in [1.807, 2.05) is 201 Å². The molecule has 5 fully saturated rings. The minimum absolute atomic E-state index is 0.0597. The predicted molar refractivity (Wildman–Crippen MR) is 573 cm³/mol. The number of likely N-dealkylation sites (N-methyl/N-ethyl adjacent to an activating group) is 1. The molecule has 766 valence electrons. The van der Waals surface area contributed by atoms with Crippen molar-refractivity contribution in [2.24, 2.45) is 5.73 Å². The second-order valence-electron chi connectivity index (χ2n) is 36.8. The fourth-order valence-electron chi connectivity index (χ4n) is 18.3. The molecule has 0 spiro atoms. The summed E-state index contributed by atoms with van der Waals surface area (Å²) in [5.41, 5.74) is 17.6. The molecule has 0 amide bonds. The average Bonchev–Trinajstić information content (AvgIpc) is 1.55. The Balaban J connectivity index is 0.000000157. The SMILES string of the molecule is C=COCC(O)CNCC.C=COCC1CO1.COCN.OC(COc1ccc(C2(c3ccc(OCOc4ccc5cc(OCC6CO6)ccc5c4)cc3)c3ccccc3-c3ccccc32)cc1)COc1ccc2cc(OCC3CO3)ccc2c1.OC(COc1ccc(C2(c3ccc(OCOc4ccc5cc(OCC6CO6)ccc5c4)cc3)c3ccccc3-c3ccccc32)cc1)COc1ccc2cc(OCC3CO3)ccc2c1. The van der Waals surface area contributed by atoms with Gasteiger partial charge in [0.15, 0.2) is 0 Å². The van der Waals surface area contributed by atoms with Crippen molar-refractivity contribution >= 4 is 43.1 Å². The van der Waals surface area contributed by atoms with Crippen LogP contribution in [0.4, 0.5) is 0 Å². The van der Waals surface area contributed by atoms with Gasteiger partial charge in [-0.1, -0.05) is 214 Å². The maximum absolute atomic E-state index is 10.9. The van der Waals surface area contributed by atoms with Gasteiger partial charge < -0.3 is 121 Å². The topological polar surface area (TPSA) is 300 Å². The average molecular weight is 2010 g/mol. The summed E-state index contributed by atoms with van der Waals surface area (Å²) in [4.78, 5) is 0. The number of nitrogens with one attached hydrogen (secondary N) is 1. The number of fused-ring (bicyclic) bond motifs is 10. The Morgan fingerprint density at radius 2 is 0.517 bits per heavy atom. The molecule has 23 rings (SSSR count). The summed E-state index contributed by atoms with van der Waals surface area (Å²) in [6.45, 7) is 18.1. The lowest BCUT2D eigenvalue weighted by Gasteiger charge is -2.34. The molecule has 0 saturated carbocycles. The lowest BCUT2D eigenvalue weighted by atomic mass is 9.68. The van der Waals surface area contributed by atoms with Crippen molar-refractivity contribution in [2.75, 3.05) is 140 Å². The molecule has 16 aromatic rings. The summed E-state index contributed by atoms with van der Waals surface area (Å²) in [6, 6.07) is 115. The van der Waals surface area contributed by atoms with Gasteiger partial charge in [-0.05, 0) is 262 Å². The van der Waals surface area contributed by atoms with Crippen LogP contribution in [0, 0.1) is 0 Å². The van der Waals surface area contributed by atoms with Crippen molar-refractivity contribution in [3.05, 3.63) is 410 Å². The molecule has 25 nitrogen and oxygen atoms in total. The number of hydrogen-bond donors (Lipinski definition) is 5. The largest absolute Gasteiger partial charge is 0.499 e. The van der Waals surface area contributed by atoms with Crippen LogP contribution in [0.3, 0.4) is 0 Å². The third-order valence-corrected chi connectivity index (χ3v) is 26.2. The molecular weight excluding hydrogens is 1890 g/mol. The molecule has 25 heteroatoms. The smallest absolute Gasteiger partial charge is 0.230 e. The fraction of sp³-hybridized carbons (Fsp3) is 0.258. The number of aliphatic hydroxyl groups excluding tert-OH is 3. The summed E-state index contributed by atoms with van der Waals surface area (Å²) in [5, 5.41) is 42.2. The molecule has 6 N–H and O–H groups in total. The second-order valence-corrected chi connectivity index (χ2v) is 36.8. The van der Waals surface area contributed by atoms with Gasteiger partial charge in [0, 0.05) is 13.7 Å². The first-order chi connectivity index (χ1) is 73.2. The second kappa shape index (κ2) is 49.5. The van der Waals surface area contributed by atoms with Gasteiger partial charge in [0.25, 0.3) is 0 Å². The van der Waals surface area contributed by atoms with Crippen molar-refractivity contribution in [1.29, 1.82) is 0 Å². The Hall–Kier alpha value is -15.2.